The molecular weight excluding hydrogens is 368 g/mol. The second-order valence-corrected chi connectivity index (χ2v) is 7.23. The molecule has 0 aliphatic carbocycles. The summed E-state index contributed by atoms with van der Waals surface area (Å²) in [5, 5.41) is 2.46. The van der Waals surface area contributed by atoms with Gasteiger partial charge in [-0.05, 0) is 24.5 Å². The third-order valence-electron chi connectivity index (χ3n) is 3.90. The van der Waals surface area contributed by atoms with Gasteiger partial charge in [0.2, 0.25) is 0 Å². The fraction of sp³-hybridized carbons (Fsp3) is 0.400. The molecule has 3 rings (SSSR count). The molecule has 0 N–H and O–H groups in total. The lowest BCUT2D eigenvalue weighted by atomic mass is 9.98. The van der Waals surface area contributed by atoms with E-state index in [4.69, 9.17) is 0 Å². The van der Waals surface area contributed by atoms with Crippen LogP contribution in [0.2, 0.25) is 0 Å². The predicted octanol–water partition coefficient (Wildman–Crippen LogP) is 4.61. The van der Waals surface area contributed by atoms with Crippen LogP contribution in [-0.2, 0) is 0 Å². The summed E-state index contributed by atoms with van der Waals surface area (Å²) in [5.41, 5.74) is 0. The molecule has 0 radical (unpaired) electrons. The number of piperidine rings is 1. The van der Waals surface area contributed by atoms with Crippen molar-refractivity contribution in [1.29, 1.82) is 0 Å². The van der Waals surface area contributed by atoms with Crippen molar-refractivity contribution in [2.75, 3.05) is 18.0 Å². The van der Waals surface area contributed by atoms with Gasteiger partial charge < -0.3 is 4.90 Å². The van der Waals surface area contributed by atoms with Gasteiger partial charge in [-0.3, -0.25) is 0 Å². The molecule has 1 aliphatic rings. The van der Waals surface area contributed by atoms with Crippen molar-refractivity contribution in [1.82, 2.24) is 4.98 Å². The fourth-order valence-electron chi connectivity index (χ4n) is 2.62. The molecule has 0 bridgehead atoms. The van der Waals surface area contributed by atoms with E-state index in [0.29, 0.717) is 4.83 Å². The molecule has 1 aromatic heterocycles. The molecule has 2 heterocycles. The van der Waals surface area contributed by atoms with Crippen molar-refractivity contribution in [3.05, 3.63) is 34.9 Å². The Hall–Kier alpha value is -0.610. The van der Waals surface area contributed by atoms with E-state index in [1.165, 1.54) is 17.2 Å². The van der Waals surface area contributed by atoms with Crippen LogP contribution in [0.15, 0.2) is 34.9 Å². The summed E-state index contributed by atoms with van der Waals surface area (Å²) < 4.78 is 1.13. The van der Waals surface area contributed by atoms with E-state index in [0.717, 1.165) is 29.3 Å². The van der Waals surface area contributed by atoms with Crippen molar-refractivity contribution >= 4 is 48.5 Å². The highest BCUT2D eigenvalue weighted by atomic mass is 79.9. The maximum Gasteiger partial charge on any atom is 0.136 e. The van der Waals surface area contributed by atoms with E-state index in [1.807, 2.05) is 6.20 Å². The van der Waals surface area contributed by atoms with Crippen molar-refractivity contribution in [2.45, 2.75) is 18.2 Å². The molecule has 1 fully saturated rings. The van der Waals surface area contributed by atoms with Crippen molar-refractivity contribution in [3.8, 4) is 0 Å². The van der Waals surface area contributed by atoms with E-state index >= 15 is 0 Å². The molecule has 1 aromatic carbocycles. The number of hydrogen-bond acceptors (Lipinski definition) is 2. The number of benzene rings is 1. The first-order chi connectivity index (χ1) is 9.16. The smallest absolute Gasteiger partial charge is 0.136 e. The molecule has 2 aromatic rings. The number of rotatable bonds is 1. The van der Waals surface area contributed by atoms with Gasteiger partial charge in [-0.25, -0.2) is 4.98 Å². The molecule has 1 aliphatic heterocycles. The second kappa shape index (κ2) is 5.41. The monoisotopic (exact) mass is 382 g/mol. The van der Waals surface area contributed by atoms with Crippen LogP contribution in [0.5, 0.6) is 0 Å². The predicted molar refractivity (Wildman–Crippen MR) is 88.2 cm³/mol. The van der Waals surface area contributed by atoms with Crippen LogP contribution >= 0.6 is 31.9 Å². The summed E-state index contributed by atoms with van der Waals surface area (Å²) in [7, 11) is 0. The summed E-state index contributed by atoms with van der Waals surface area (Å²) in [4.78, 5) is 7.56. The van der Waals surface area contributed by atoms with Gasteiger partial charge in [0.25, 0.3) is 0 Å². The molecule has 2 nitrogen and oxygen atoms in total. The lowest BCUT2D eigenvalue weighted by molar-refractivity contribution is 0.455. The first-order valence-corrected chi connectivity index (χ1v) is 8.30. The molecule has 2 atom stereocenters. The average Bonchev–Trinajstić information content (AvgIpc) is 2.42. The quantitative estimate of drug-likeness (QED) is 0.668. The Morgan fingerprint density at radius 2 is 2.11 bits per heavy atom. The highest BCUT2D eigenvalue weighted by molar-refractivity contribution is 9.10. The van der Waals surface area contributed by atoms with Gasteiger partial charge in [-0.2, -0.15) is 0 Å². The summed E-state index contributed by atoms with van der Waals surface area (Å²) in [6, 6.07) is 8.39. The normalized spacial score (nSPS) is 23.8. The van der Waals surface area contributed by atoms with E-state index in [2.05, 4.69) is 72.9 Å². The molecular formula is C15H16Br2N2. The van der Waals surface area contributed by atoms with Crippen LogP contribution in [0, 0.1) is 5.92 Å². The Morgan fingerprint density at radius 1 is 1.26 bits per heavy atom. The zero-order valence-electron chi connectivity index (χ0n) is 10.8. The summed E-state index contributed by atoms with van der Waals surface area (Å²) in [6.45, 7) is 4.42. The molecule has 1 saturated heterocycles. The van der Waals surface area contributed by atoms with Crippen LogP contribution in [-0.4, -0.2) is 22.9 Å². The maximum atomic E-state index is 4.62. The summed E-state index contributed by atoms with van der Waals surface area (Å²) in [5.74, 6) is 1.84. The van der Waals surface area contributed by atoms with Gasteiger partial charge in [0, 0.05) is 39.4 Å². The van der Waals surface area contributed by atoms with Gasteiger partial charge in [-0.15, -0.1) is 0 Å². The average molecular weight is 384 g/mol. The number of pyridine rings is 1. The van der Waals surface area contributed by atoms with Crippen molar-refractivity contribution in [2.24, 2.45) is 5.92 Å². The first-order valence-electron chi connectivity index (χ1n) is 6.59. The zero-order chi connectivity index (χ0) is 13.4. The minimum Gasteiger partial charge on any atom is -0.355 e. The fourth-order valence-corrected chi connectivity index (χ4v) is 3.73. The minimum absolute atomic E-state index is 0.547. The lowest BCUT2D eigenvalue weighted by Gasteiger charge is -2.35. The third kappa shape index (κ3) is 2.52. The molecule has 0 spiro atoms. The lowest BCUT2D eigenvalue weighted by Crippen LogP contribution is -2.40. The van der Waals surface area contributed by atoms with Gasteiger partial charge >= 0.3 is 0 Å². The van der Waals surface area contributed by atoms with E-state index in [1.54, 1.807) is 0 Å². The Morgan fingerprint density at radius 3 is 2.89 bits per heavy atom. The Labute approximate surface area is 130 Å². The highest BCUT2D eigenvalue weighted by Gasteiger charge is 2.25. The molecule has 2 unspecified atom stereocenters. The van der Waals surface area contributed by atoms with Crippen LogP contribution in [0.25, 0.3) is 10.8 Å². The molecule has 4 heteroatoms. The third-order valence-corrected chi connectivity index (χ3v) is 5.78. The zero-order valence-corrected chi connectivity index (χ0v) is 14.0. The van der Waals surface area contributed by atoms with Gasteiger partial charge in [0.05, 0.1) is 0 Å². The summed E-state index contributed by atoms with van der Waals surface area (Å²) >= 11 is 7.41. The number of alkyl halides is 1. The minimum atomic E-state index is 0.547. The van der Waals surface area contributed by atoms with Crippen LogP contribution in [0.4, 0.5) is 5.82 Å². The first kappa shape index (κ1) is 13.4. The number of halogens is 2. The second-order valence-electron chi connectivity index (χ2n) is 5.20. The van der Waals surface area contributed by atoms with Crippen molar-refractivity contribution < 1.29 is 0 Å². The standard InChI is InChI=1S/C15H16Br2N2/c1-10-6-8-19(9-14(10)17)15-12-3-2-4-13(16)11(12)5-7-18-15/h2-5,7,10,14H,6,8-9H2,1H3. The van der Waals surface area contributed by atoms with Gasteiger partial charge in [0.15, 0.2) is 0 Å². The van der Waals surface area contributed by atoms with Crippen LogP contribution in [0.1, 0.15) is 13.3 Å². The number of fused-ring (bicyclic) bond motifs is 1. The van der Waals surface area contributed by atoms with Gasteiger partial charge in [0.1, 0.15) is 5.82 Å². The molecule has 0 amide bonds. The molecule has 19 heavy (non-hydrogen) atoms. The van der Waals surface area contributed by atoms with Crippen molar-refractivity contribution in [3.63, 3.8) is 0 Å². The maximum absolute atomic E-state index is 4.62. The van der Waals surface area contributed by atoms with Gasteiger partial charge in [-0.1, -0.05) is 50.9 Å². The number of aromatic nitrogens is 1. The van der Waals surface area contributed by atoms with E-state index in [9.17, 15) is 0 Å². The Bertz CT molecular complexity index is 600. The SMILES string of the molecule is CC1CCN(c2nccc3c(Br)cccc23)CC1Br. The molecule has 0 saturated carbocycles. The van der Waals surface area contributed by atoms with E-state index in [-0.39, 0.29) is 0 Å². The summed E-state index contributed by atoms with van der Waals surface area (Å²) in [6.07, 6.45) is 3.12. The van der Waals surface area contributed by atoms with Crippen LogP contribution < -0.4 is 4.90 Å². The largest absolute Gasteiger partial charge is 0.355 e. The Kier molecular flexibility index (Phi) is 3.81. The Balaban J connectivity index is 2.04. The molecule has 100 valence electrons. The highest BCUT2D eigenvalue weighted by Crippen LogP contribution is 2.33. The topological polar surface area (TPSA) is 16.1 Å². The van der Waals surface area contributed by atoms with E-state index < -0.39 is 0 Å². The number of nitrogens with zero attached hydrogens (tertiary/aromatic N) is 2. The number of anilines is 1. The number of hydrogen-bond donors (Lipinski definition) is 0. The van der Waals surface area contributed by atoms with Crippen LogP contribution in [0.3, 0.4) is 0 Å².